The Morgan fingerprint density at radius 1 is 1.15 bits per heavy atom. The molecule has 0 saturated carbocycles. The van der Waals surface area contributed by atoms with Gasteiger partial charge in [-0.15, -0.1) is 0 Å². The van der Waals surface area contributed by atoms with Gasteiger partial charge in [0.25, 0.3) is 5.91 Å². The summed E-state index contributed by atoms with van der Waals surface area (Å²) in [6.45, 7) is 6.19. The molecule has 1 N–H and O–H groups in total. The third-order valence-electron chi connectivity index (χ3n) is 3.79. The van der Waals surface area contributed by atoms with Crippen LogP contribution in [0.5, 0.6) is 0 Å². The summed E-state index contributed by atoms with van der Waals surface area (Å²) in [7, 11) is 0. The Morgan fingerprint density at radius 2 is 1.85 bits per heavy atom. The minimum Gasteiger partial charge on any atom is -0.297 e. The Labute approximate surface area is 160 Å². The Bertz CT molecular complexity index is 948. The van der Waals surface area contributed by atoms with E-state index in [1.807, 2.05) is 6.07 Å². The first-order valence-electron chi connectivity index (χ1n) is 7.95. The van der Waals surface area contributed by atoms with E-state index in [1.165, 1.54) is 12.1 Å². The fraction of sp³-hybridized carbons (Fsp3) is 0.211. The third-order valence-corrected chi connectivity index (χ3v) is 4.73. The molecule has 134 valence electrons. The van der Waals surface area contributed by atoms with Crippen LogP contribution in [-0.2, 0) is 5.41 Å². The van der Waals surface area contributed by atoms with Crippen molar-refractivity contribution in [2.75, 3.05) is 5.32 Å². The van der Waals surface area contributed by atoms with E-state index in [0.717, 1.165) is 17.1 Å². The lowest BCUT2D eigenvalue weighted by atomic mass is 9.86. The predicted molar refractivity (Wildman–Crippen MR) is 103 cm³/mol. The van der Waals surface area contributed by atoms with Crippen LogP contribution in [0.3, 0.4) is 0 Å². The molecule has 3 rings (SSSR count). The summed E-state index contributed by atoms with van der Waals surface area (Å²) in [6.07, 6.45) is 0. The van der Waals surface area contributed by atoms with Gasteiger partial charge in [-0.25, -0.2) is 4.39 Å². The maximum absolute atomic E-state index is 13.0. The van der Waals surface area contributed by atoms with Crippen LogP contribution in [0.1, 0.15) is 36.7 Å². The Morgan fingerprint density at radius 3 is 2.46 bits per heavy atom. The van der Waals surface area contributed by atoms with Crippen LogP contribution in [0.2, 0.25) is 5.02 Å². The monoisotopic (exact) mass is 389 g/mol. The highest BCUT2D eigenvalue weighted by atomic mass is 35.5. The number of nitrogens with one attached hydrogen (secondary N) is 1. The molecule has 0 radical (unpaired) electrons. The molecule has 4 nitrogen and oxygen atoms in total. The lowest BCUT2D eigenvalue weighted by Crippen LogP contribution is -2.15. The van der Waals surface area contributed by atoms with Gasteiger partial charge in [0.15, 0.2) is 5.82 Å². The molecular weight excluding hydrogens is 373 g/mol. The second kappa shape index (κ2) is 7.13. The van der Waals surface area contributed by atoms with Gasteiger partial charge in [0.1, 0.15) is 5.82 Å². The minimum absolute atomic E-state index is 0.102. The van der Waals surface area contributed by atoms with Crippen LogP contribution in [0, 0.1) is 5.82 Å². The van der Waals surface area contributed by atoms with E-state index in [4.69, 9.17) is 11.6 Å². The first kappa shape index (κ1) is 18.5. The lowest BCUT2D eigenvalue weighted by Gasteiger charge is -2.20. The maximum Gasteiger partial charge on any atom is 0.257 e. The van der Waals surface area contributed by atoms with E-state index in [9.17, 15) is 9.18 Å². The van der Waals surface area contributed by atoms with Gasteiger partial charge in [-0.2, -0.15) is 9.36 Å². The van der Waals surface area contributed by atoms with Crippen molar-refractivity contribution in [2.24, 2.45) is 0 Å². The highest BCUT2D eigenvalue weighted by Crippen LogP contribution is 2.30. The topological polar surface area (TPSA) is 54.9 Å². The van der Waals surface area contributed by atoms with Crippen LogP contribution in [0.25, 0.3) is 11.4 Å². The fourth-order valence-electron chi connectivity index (χ4n) is 2.42. The second-order valence-corrected chi connectivity index (χ2v) is 7.99. The first-order chi connectivity index (χ1) is 12.2. The molecule has 26 heavy (non-hydrogen) atoms. The second-order valence-electron chi connectivity index (χ2n) is 6.83. The molecule has 2 aromatic carbocycles. The molecular formula is C19H17ClFN3OS. The zero-order valence-corrected chi connectivity index (χ0v) is 16.1. The number of amides is 1. The minimum atomic E-state index is -0.326. The van der Waals surface area contributed by atoms with Crippen LogP contribution in [0.4, 0.5) is 9.52 Å². The number of carbonyl (C=O) groups excluding carboxylic acids is 1. The number of benzene rings is 2. The SMILES string of the molecule is CC(C)(C)c1ccc(C(=O)Nc2nc(-c3ccc(F)cc3)ns2)cc1Cl. The van der Waals surface area contributed by atoms with Crippen molar-refractivity contribution in [2.45, 2.75) is 26.2 Å². The Balaban J connectivity index is 1.76. The van der Waals surface area contributed by atoms with Gasteiger partial charge in [-0.05, 0) is 47.4 Å². The molecule has 1 heterocycles. The van der Waals surface area contributed by atoms with E-state index < -0.39 is 0 Å². The molecule has 7 heteroatoms. The van der Waals surface area contributed by atoms with Crippen molar-refractivity contribution >= 4 is 34.2 Å². The molecule has 0 aliphatic carbocycles. The number of halogens is 2. The lowest BCUT2D eigenvalue weighted by molar-refractivity contribution is 0.102. The highest BCUT2D eigenvalue weighted by Gasteiger charge is 2.19. The average Bonchev–Trinajstić information content (AvgIpc) is 3.02. The maximum atomic E-state index is 13.0. The van der Waals surface area contributed by atoms with Crippen LogP contribution < -0.4 is 5.32 Å². The molecule has 1 aromatic heterocycles. The number of anilines is 1. The van der Waals surface area contributed by atoms with E-state index in [0.29, 0.717) is 27.1 Å². The van der Waals surface area contributed by atoms with Crippen molar-refractivity contribution in [3.63, 3.8) is 0 Å². The normalized spacial score (nSPS) is 11.4. The van der Waals surface area contributed by atoms with Gasteiger partial charge in [0.2, 0.25) is 5.13 Å². The van der Waals surface area contributed by atoms with Crippen LogP contribution in [-0.4, -0.2) is 15.3 Å². The van der Waals surface area contributed by atoms with Crippen molar-refractivity contribution < 1.29 is 9.18 Å². The molecule has 0 spiro atoms. The quantitative estimate of drug-likeness (QED) is 0.639. The third kappa shape index (κ3) is 4.08. The van der Waals surface area contributed by atoms with Gasteiger partial charge in [0, 0.05) is 27.7 Å². The highest BCUT2D eigenvalue weighted by molar-refractivity contribution is 7.10. The van der Waals surface area contributed by atoms with Gasteiger partial charge in [-0.3, -0.25) is 10.1 Å². The first-order valence-corrected chi connectivity index (χ1v) is 9.10. The number of hydrogen-bond donors (Lipinski definition) is 1. The Kier molecular flexibility index (Phi) is 5.07. The number of aromatic nitrogens is 2. The number of nitrogens with zero attached hydrogens (tertiary/aromatic N) is 2. The molecule has 0 bridgehead atoms. The average molecular weight is 390 g/mol. The zero-order chi connectivity index (χ0) is 18.9. The summed E-state index contributed by atoms with van der Waals surface area (Å²) < 4.78 is 17.2. The summed E-state index contributed by atoms with van der Waals surface area (Å²) in [5.74, 6) is -0.200. The van der Waals surface area contributed by atoms with Gasteiger partial charge >= 0.3 is 0 Å². The molecule has 0 saturated heterocycles. The summed E-state index contributed by atoms with van der Waals surface area (Å²) in [5.41, 5.74) is 2.00. The van der Waals surface area contributed by atoms with Crippen molar-refractivity contribution in [3.8, 4) is 11.4 Å². The standard InChI is InChI=1S/C19H17ClFN3OS/c1-19(2,3)14-9-6-12(10-15(14)20)17(25)23-18-22-16(24-26-18)11-4-7-13(21)8-5-11/h4-10H,1-3H3,(H,22,23,24,25). The molecule has 0 atom stereocenters. The predicted octanol–water partition coefficient (Wildman–Crippen LogP) is 5.55. The van der Waals surface area contributed by atoms with E-state index in [2.05, 4.69) is 35.4 Å². The van der Waals surface area contributed by atoms with Gasteiger partial charge < -0.3 is 0 Å². The summed E-state index contributed by atoms with van der Waals surface area (Å²) >= 11 is 7.39. The Hall–Kier alpha value is -2.31. The van der Waals surface area contributed by atoms with Crippen LogP contribution >= 0.6 is 23.1 Å². The molecule has 0 unspecified atom stereocenters. The van der Waals surface area contributed by atoms with Gasteiger partial charge in [-0.1, -0.05) is 38.4 Å². The van der Waals surface area contributed by atoms with Gasteiger partial charge in [0.05, 0.1) is 0 Å². The smallest absolute Gasteiger partial charge is 0.257 e. The number of carbonyl (C=O) groups is 1. The zero-order valence-electron chi connectivity index (χ0n) is 14.5. The molecule has 0 fully saturated rings. The molecule has 0 aliphatic rings. The van der Waals surface area contributed by atoms with Crippen molar-refractivity contribution in [1.29, 1.82) is 0 Å². The summed E-state index contributed by atoms with van der Waals surface area (Å²) in [4.78, 5) is 16.7. The largest absolute Gasteiger partial charge is 0.297 e. The molecule has 1 amide bonds. The molecule has 3 aromatic rings. The van der Waals surface area contributed by atoms with E-state index in [-0.39, 0.29) is 17.1 Å². The van der Waals surface area contributed by atoms with Crippen molar-refractivity contribution in [3.05, 3.63) is 64.4 Å². The summed E-state index contributed by atoms with van der Waals surface area (Å²) in [5, 5.41) is 3.63. The number of rotatable bonds is 3. The van der Waals surface area contributed by atoms with Crippen molar-refractivity contribution in [1.82, 2.24) is 9.36 Å². The van der Waals surface area contributed by atoms with Crippen LogP contribution in [0.15, 0.2) is 42.5 Å². The van der Waals surface area contributed by atoms with E-state index in [1.54, 1.807) is 24.3 Å². The number of hydrogen-bond acceptors (Lipinski definition) is 4. The summed E-state index contributed by atoms with van der Waals surface area (Å²) in [6, 6.07) is 11.1. The fourth-order valence-corrected chi connectivity index (χ4v) is 3.47. The van der Waals surface area contributed by atoms with E-state index >= 15 is 0 Å². The molecule has 0 aliphatic heterocycles.